The van der Waals surface area contributed by atoms with Gasteiger partial charge in [-0.25, -0.2) is 0 Å². The number of aliphatic hydroxyl groups is 3. The van der Waals surface area contributed by atoms with Gasteiger partial charge >= 0.3 is 17.8 Å². The number of amides is 5. The fourth-order valence-corrected chi connectivity index (χ4v) is 6.88. The monoisotopic (exact) mass is 602 g/mol. The molecule has 0 bridgehead atoms. The molecule has 0 aliphatic carbocycles. The highest BCUT2D eigenvalue weighted by Crippen LogP contribution is 2.31. The number of hydrogen-bond donors (Lipinski definition) is 5. The molecule has 222 valence electrons. The van der Waals surface area contributed by atoms with Gasteiger partial charge in [-0.2, -0.15) is 0 Å². The van der Waals surface area contributed by atoms with E-state index >= 15 is 0 Å². The van der Waals surface area contributed by atoms with Crippen molar-refractivity contribution in [3.63, 3.8) is 0 Å². The molecule has 3 rings (SSSR count). The zero-order valence-corrected chi connectivity index (χ0v) is 23.7. The summed E-state index contributed by atoms with van der Waals surface area (Å²) in [5, 5.41) is 35.6. The highest BCUT2D eigenvalue weighted by Gasteiger charge is 2.55. The fourth-order valence-electron chi connectivity index (χ4n) is 4.32. The van der Waals surface area contributed by atoms with Crippen molar-refractivity contribution in [2.24, 2.45) is 5.92 Å². The Bertz CT molecular complexity index is 1030. The van der Waals surface area contributed by atoms with Crippen LogP contribution in [0.25, 0.3) is 0 Å². The summed E-state index contributed by atoms with van der Waals surface area (Å²) < 4.78 is 5.28. The smallest absolute Gasteiger partial charge is 0.314 e. The average molecular weight is 603 g/mol. The quantitative estimate of drug-likeness (QED) is 0.0477. The third-order valence-electron chi connectivity index (χ3n) is 6.78. The molecule has 40 heavy (non-hydrogen) atoms. The topological polar surface area (TPSA) is 203 Å². The molecule has 5 N–H and O–H groups in total. The second-order valence-corrected chi connectivity index (χ2v) is 12.7. The lowest BCUT2D eigenvalue weighted by atomic mass is 9.92. The molecule has 0 aromatic heterocycles. The summed E-state index contributed by atoms with van der Waals surface area (Å²) in [6, 6.07) is -1.20. The van der Waals surface area contributed by atoms with Gasteiger partial charge in [-0.15, -0.1) is 0 Å². The lowest BCUT2D eigenvalue weighted by Crippen LogP contribution is -2.68. The summed E-state index contributed by atoms with van der Waals surface area (Å²) in [5.74, 6) is -3.38. The molecule has 7 atom stereocenters. The van der Waals surface area contributed by atoms with E-state index < -0.39 is 60.8 Å². The number of aliphatic hydroxyl groups excluding tert-OH is 3. The van der Waals surface area contributed by atoms with Crippen LogP contribution >= 0.6 is 21.6 Å². The van der Waals surface area contributed by atoms with Gasteiger partial charge < -0.3 is 35.6 Å². The van der Waals surface area contributed by atoms with E-state index in [1.807, 2.05) is 6.92 Å². The van der Waals surface area contributed by atoms with Crippen molar-refractivity contribution >= 4 is 57.1 Å². The minimum Gasteiger partial charge on any atom is -0.463 e. The third-order valence-corrected chi connectivity index (χ3v) is 9.78. The van der Waals surface area contributed by atoms with Crippen molar-refractivity contribution in [2.45, 2.75) is 68.9 Å². The average Bonchev–Trinajstić information content (AvgIpc) is 3.40. The van der Waals surface area contributed by atoms with Gasteiger partial charge in [-0.05, 0) is 12.8 Å². The van der Waals surface area contributed by atoms with E-state index in [-0.39, 0.29) is 42.5 Å². The van der Waals surface area contributed by atoms with Gasteiger partial charge in [0, 0.05) is 42.7 Å². The van der Waals surface area contributed by atoms with Crippen LogP contribution in [0.3, 0.4) is 0 Å². The van der Waals surface area contributed by atoms with Crippen LogP contribution in [0.2, 0.25) is 0 Å². The number of carbonyl (C=O) groups excluding carboxylic acids is 6. The van der Waals surface area contributed by atoms with Crippen LogP contribution in [0.1, 0.15) is 33.1 Å². The molecule has 3 heterocycles. The maximum absolute atomic E-state index is 12.5. The molecule has 3 aliphatic heterocycles. The zero-order valence-electron chi connectivity index (χ0n) is 22.1. The second-order valence-electron chi connectivity index (χ2n) is 9.77. The minimum absolute atomic E-state index is 0.122. The Balaban J connectivity index is 1.29. The van der Waals surface area contributed by atoms with E-state index in [2.05, 4.69) is 10.6 Å². The Morgan fingerprint density at radius 2 is 1.73 bits per heavy atom. The minimum atomic E-state index is -1.64. The van der Waals surface area contributed by atoms with Crippen molar-refractivity contribution < 1.29 is 48.8 Å². The lowest BCUT2D eigenvalue weighted by Gasteiger charge is -2.44. The van der Waals surface area contributed by atoms with Crippen LogP contribution in [0.4, 0.5) is 0 Å². The summed E-state index contributed by atoms with van der Waals surface area (Å²) >= 11 is 0. The van der Waals surface area contributed by atoms with Gasteiger partial charge in [0.2, 0.25) is 5.91 Å². The maximum atomic E-state index is 12.5. The van der Waals surface area contributed by atoms with Crippen LogP contribution in [0, 0.1) is 5.92 Å². The number of esters is 1. The summed E-state index contributed by atoms with van der Waals surface area (Å²) in [4.78, 5) is 73.4. The first-order valence-electron chi connectivity index (χ1n) is 12.8. The first kappa shape index (κ1) is 31.9. The number of fused-ring (bicyclic) bond motifs is 1. The maximum Gasteiger partial charge on any atom is 0.314 e. The Morgan fingerprint density at radius 3 is 2.40 bits per heavy atom. The molecule has 3 aliphatic rings. The number of nitrogens with zero attached hydrogens (tertiary/aromatic N) is 2. The number of rotatable bonds is 14. The largest absolute Gasteiger partial charge is 0.463 e. The Hall–Kier alpha value is -2.66. The number of carbonyl (C=O) groups is 6. The van der Waals surface area contributed by atoms with E-state index in [1.54, 1.807) is 28.5 Å². The Labute approximate surface area is 238 Å². The number of nitrogens with one attached hydrogen (secondary N) is 2. The van der Waals surface area contributed by atoms with Crippen LogP contribution in [0.15, 0.2) is 12.2 Å². The molecule has 2 unspecified atom stereocenters. The van der Waals surface area contributed by atoms with Crippen molar-refractivity contribution in [2.75, 3.05) is 25.4 Å². The van der Waals surface area contributed by atoms with Crippen molar-refractivity contribution in [1.29, 1.82) is 0 Å². The van der Waals surface area contributed by atoms with Crippen molar-refractivity contribution in [1.82, 2.24) is 20.4 Å². The molecular formula is C24H34N4O10S2. The first-order chi connectivity index (χ1) is 18.9. The predicted octanol–water partition coefficient (Wildman–Crippen LogP) is -2.10. The van der Waals surface area contributed by atoms with Crippen LogP contribution < -0.4 is 10.6 Å². The van der Waals surface area contributed by atoms with E-state index in [0.29, 0.717) is 18.6 Å². The molecule has 2 fully saturated rings. The molecule has 0 saturated carbocycles. The van der Waals surface area contributed by atoms with Gasteiger partial charge in [0.1, 0.15) is 31.1 Å². The molecular weight excluding hydrogens is 568 g/mol. The number of hydrogen-bond acceptors (Lipinski definition) is 12. The molecule has 16 heteroatoms. The van der Waals surface area contributed by atoms with Crippen molar-refractivity contribution in [3.05, 3.63) is 12.2 Å². The molecule has 0 aromatic rings. The second kappa shape index (κ2) is 14.3. The normalized spacial score (nSPS) is 27.5. The van der Waals surface area contributed by atoms with E-state index in [9.17, 15) is 44.1 Å². The fraction of sp³-hybridized carbons (Fsp3) is 0.667. The van der Waals surface area contributed by atoms with Gasteiger partial charge in [0.25, 0.3) is 11.8 Å². The van der Waals surface area contributed by atoms with Gasteiger partial charge in [-0.1, -0.05) is 35.4 Å². The standard InChI is InChI=1S/C24H34N4O10S2/c1-12(24(37)38-11-14-18(32)19(33)20(34)21-26-22(35)23(36)28(14)21)7-10-39-40-13(2)3-4-15(29)25-8-9-27-16(30)5-6-17(27)31/h5-6,12-14,18-21,32-34H,3-4,7-11H2,1-2H3,(H,25,29)(H,26,35)/t12?,13?,14-,18-,19+,20+,21+/m1/s1. The summed E-state index contributed by atoms with van der Waals surface area (Å²) in [7, 11) is 3.12. The number of piperidine rings is 1. The molecule has 0 spiro atoms. The van der Waals surface area contributed by atoms with Crippen molar-refractivity contribution in [3.8, 4) is 0 Å². The van der Waals surface area contributed by atoms with Gasteiger partial charge in [-0.3, -0.25) is 33.7 Å². The Kier molecular flexibility index (Phi) is 11.4. The van der Waals surface area contributed by atoms with Gasteiger partial charge in [0.05, 0.1) is 12.0 Å². The van der Waals surface area contributed by atoms with Crippen LogP contribution in [-0.2, 0) is 33.5 Å². The van der Waals surface area contributed by atoms with E-state index in [1.165, 1.54) is 12.2 Å². The van der Waals surface area contributed by atoms with E-state index in [4.69, 9.17) is 4.74 Å². The van der Waals surface area contributed by atoms with Crippen LogP contribution in [-0.4, -0.2) is 122 Å². The molecule has 5 amide bonds. The predicted molar refractivity (Wildman–Crippen MR) is 143 cm³/mol. The molecule has 0 aromatic carbocycles. The zero-order chi connectivity index (χ0) is 29.6. The number of ether oxygens (including phenoxy) is 1. The SMILES string of the molecule is CC(CCC(=O)NCCN1C(=O)C=CC1=O)SSCCC(C)C(=O)OC[C@@H]1[C@@H](O)[C@H](O)[C@H](O)[C@H]2NC(=O)C(=O)N12. The highest BCUT2D eigenvalue weighted by molar-refractivity contribution is 8.76. The van der Waals surface area contributed by atoms with Crippen LogP contribution in [0.5, 0.6) is 0 Å². The Morgan fingerprint density at radius 1 is 1.05 bits per heavy atom. The highest BCUT2D eigenvalue weighted by atomic mass is 33.1. The molecule has 2 saturated heterocycles. The molecule has 0 radical (unpaired) electrons. The summed E-state index contributed by atoms with van der Waals surface area (Å²) in [6.07, 6.45) is -2.29. The van der Waals surface area contributed by atoms with E-state index in [0.717, 1.165) is 9.80 Å². The van der Waals surface area contributed by atoms with Gasteiger partial charge in [0.15, 0.2) is 0 Å². The summed E-state index contributed by atoms with van der Waals surface area (Å²) in [5.41, 5.74) is 0. The molecule has 14 nitrogen and oxygen atoms in total. The number of imide groups is 1. The third kappa shape index (κ3) is 7.75. The first-order valence-corrected chi connectivity index (χ1v) is 15.2. The summed E-state index contributed by atoms with van der Waals surface area (Å²) in [6.45, 7) is 3.51. The lowest BCUT2D eigenvalue weighted by molar-refractivity contribution is -0.182.